The van der Waals surface area contributed by atoms with Gasteiger partial charge < -0.3 is 54.7 Å². The number of phenolic OH excluding ortho intramolecular Hbond substituents is 1. The van der Waals surface area contributed by atoms with Crippen LogP contribution in [0.15, 0.2) is 119 Å². The van der Waals surface area contributed by atoms with Gasteiger partial charge in [0.1, 0.15) is 41.5 Å². The second kappa shape index (κ2) is 21.2. The number of allylic oxidation sites excluding steroid dienone is 4. The smallest absolute Gasteiger partial charge is 0.335 e. The highest BCUT2D eigenvalue weighted by molar-refractivity contribution is 8.76. The quantitative estimate of drug-likeness (QED) is 0.0449. The maximum Gasteiger partial charge on any atom is 0.335 e. The summed E-state index contributed by atoms with van der Waals surface area (Å²) < 4.78 is 24.3. The van der Waals surface area contributed by atoms with Gasteiger partial charge >= 0.3 is 5.97 Å². The standard InChI is InChI=1S/C50H57N3O10S2/c1-3-20-51-21-18-33-11-10-31(37-6-4-5-7-38(33)37)9-8-30(2)40-25-53-28-50(59)47(61-29-65-64-27-42(40)34-19-22-52-24-34)45(56)46(48(57)58)63-49(50)62-36-16-17-39-43(23-36)60-26-41(44(39)55)32-12-14-35(54)15-13-32/h4-7,9-17,19,22-24,26,30,33,40,42,45-47,49,51-54,56,59H,3,8,18,20-21,25,27-29H2,1-2H3,(H,57,58). The minimum atomic E-state index is -2.10. The number of aromatic hydroxyl groups is 1. The van der Waals surface area contributed by atoms with Crippen molar-refractivity contribution in [3.63, 3.8) is 0 Å². The second-order valence-electron chi connectivity index (χ2n) is 17.1. The molecule has 2 saturated heterocycles. The highest BCUT2D eigenvalue weighted by atomic mass is 33.1. The topological polar surface area (TPSA) is 196 Å². The lowest BCUT2D eigenvalue weighted by molar-refractivity contribution is -0.316. The van der Waals surface area contributed by atoms with E-state index in [-0.39, 0.29) is 58.1 Å². The molecule has 15 heteroatoms. The van der Waals surface area contributed by atoms with E-state index in [4.69, 9.17) is 18.6 Å². The number of phenols is 1. The van der Waals surface area contributed by atoms with Crippen LogP contribution in [-0.2, 0) is 14.3 Å². The molecule has 9 atom stereocenters. The summed E-state index contributed by atoms with van der Waals surface area (Å²) in [5.41, 5.74) is 3.60. The lowest BCUT2D eigenvalue weighted by Crippen LogP contribution is -2.72. The summed E-state index contributed by atoms with van der Waals surface area (Å²) in [4.78, 5) is 29.3. The summed E-state index contributed by atoms with van der Waals surface area (Å²) in [5, 5.41) is 51.4. The Morgan fingerprint density at radius 1 is 1.08 bits per heavy atom. The molecule has 2 aromatic heterocycles. The maximum atomic E-state index is 13.5. The van der Waals surface area contributed by atoms with Crippen LogP contribution in [0.25, 0.3) is 27.7 Å². The van der Waals surface area contributed by atoms with Crippen molar-refractivity contribution in [2.45, 2.75) is 75.1 Å². The number of β-amino-alcohol motifs (C(OH)–C–C–N with tert-alkyl or cyclic N) is 1. The highest BCUT2D eigenvalue weighted by Crippen LogP contribution is 2.42. The van der Waals surface area contributed by atoms with Crippen LogP contribution in [0.3, 0.4) is 0 Å². The van der Waals surface area contributed by atoms with Gasteiger partial charge in [0.25, 0.3) is 0 Å². The first-order valence-corrected chi connectivity index (χ1v) is 24.7. The molecule has 5 aromatic rings. The number of benzene rings is 3. The first kappa shape index (κ1) is 46.7. The lowest BCUT2D eigenvalue weighted by atomic mass is 9.77. The molecule has 0 spiro atoms. The predicted molar refractivity (Wildman–Crippen MR) is 255 cm³/mol. The Kier molecular flexibility index (Phi) is 15.2. The largest absolute Gasteiger partial charge is 0.508 e. The molecule has 0 saturated carbocycles. The van der Waals surface area contributed by atoms with Gasteiger partial charge in [0.05, 0.1) is 10.9 Å². The number of carboxylic acids is 1. The SMILES string of the molecule is CCCNCCC1C=CC(=CCC(C)C2CNCC3(O)C(Oc4ccc5c(=O)c(-c6ccc(O)cc6)coc5c4)OC(C(=O)O)C(O)C3OCSSCC2c2cc[nH]c2)c2ccccc21. The number of nitrogens with one attached hydrogen (secondary N) is 3. The third-order valence-corrected chi connectivity index (χ3v) is 15.0. The number of aliphatic carboxylic acids is 1. The molecule has 0 amide bonds. The number of rotatable bonds is 13. The summed E-state index contributed by atoms with van der Waals surface area (Å²) >= 11 is 0. The second-order valence-corrected chi connectivity index (χ2v) is 19.6. The van der Waals surface area contributed by atoms with Gasteiger partial charge in [-0.05, 0) is 115 Å². The van der Waals surface area contributed by atoms with E-state index in [1.54, 1.807) is 22.9 Å². The van der Waals surface area contributed by atoms with E-state index < -0.39 is 36.2 Å². The van der Waals surface area contributed by atoms with Gasteiger partial charge in [0, 0.05) is 36.7 Å². The Labute approximate surface area is 386 Å². The molecular weight excluding hydrogens is 867 g/mol. The Morgan fingerprint density at radius 2 is 1.91 bits per heavy atom. The first-order chi connectivity index (χ1) is 31.5. The summed E-state index contributed by atoms with van der Waals surface area (Å²) in [6.07, 6.45) is 8.57. The zero-order valence-electron chi connectivity index (χ0n) is 36.4. The van der Waals surface area contributed by atoms with Crippen molar-refractivity contribution in [3.8, 4) is 22.6 Å². The van der Waals surface area contributed by atoms with Crippen LogP contribution in [0.5, 0.6) is 11.5 Å². The zero-order chi connectivity index (χ0) is 45.5. The van der Waals surface area contributed by atoms with Gasteiger partial charge in [0.15, 0.2) is 17.1 Å². The number of H-pyrrole nitrogens is 1. The van der Waals surface area contributed by atoms with Crippen LogP contribution in [0.4, 0.5) is 0 Å². The van der Waals surface area contributed by atoms with Crippen LogP contribution < -0.4 is 20.8 Å². The Bertz CT molecular complexity index is 2510. The molecule has 0 bridgehead atoms. The van der Waals surface area contributed by atoms with Crippen LogP contribution in [0.2, 0.25) is 0 Å². The number of aromatic amines is 1. The van der Waals surface area contributed by atoms with Gasteiger partial charge in [0.2, 0.25) is 6.29 Å². The van der Waals surface area contributed by atoms with Crippen molar-refractivity contribution in [3.05, 3.63) is 137 Å². The molecule has 8 rings (SSSR count). The number of aliphatic hydroxyl groups is 2. The molecular formula is C50H57N3O10S2. The number of ether oxygens (including phenoxy) is 3. The minimum absolute atomic E-state index is 0.0336. The van der Waals surface area contributed by atoms with Crippen molar-refractivity contribution in [2.75, 3.05) is 37.9 Å². The molecule has 344 valence electrons. The fourth-order valence-corrected chi connectivity index (χ4v) is 11.3. The monoisotopic (exact) mass is 923 g/mol. The summed E-state index contributed by atoms with van der Waals surface area (Å²) in [6.45, 7) is 6.69. The summed E-state index contributed by atoms with van der Waals surface area (Å²) in [7, 11) is 3.05. The van der Waals surface area contributed by atoms with Gasteiger partial charge in [-0.3, -0.25) is 4.79 Å². The number of fused-ring (bicyclic) bond motifs is 3. The van der Waals surface area contributed by atoms with Gasteiger partial charge in [-0.25, -0.2) is 4.79 Å². The van der Waals surface area contributed by atoms with E-state index >= 15 is 0 Å². The fourth-order valence-electron chi connectivity index (χ4n) is 9.27. The number of aliphatic hydroxyl groups excluding tert-OH is 1. The van der Waals surface area contributed by atoms with Crippen LogP contribution in [0, 0.1) is 11.8 Å². The zero-order valence-corrected chi connectivity index (χ0v) is 38.1. The Hall–Kier alpha value is -4.84. The number of carbonyl (C=O) groups is 1. The molecule has 65 heavy (non-hydrogen) atoms. The normalized spacial score (nSPS) is 27.3. The third-order valence-electron chi connectivity index (χ3n) is 12.9. The average Bonchev–Trinajstić information content (AvgIpc) is 3.84. The molecule has 9 unspecified atom stereocenters. The average molecular weight is 924 g/mol. The molecule has 2 aliphatic heterocycles. The Balaban J connectivity index is 1.06. The van der Waals surface area contributed by atoms with E-state index in [2.05, 4.69) is 78.0 Å². The predicted octanol–water partition coefficient (Wildman–Crippen LogP) is 7.65. The fraction of sp³-hybridized carbons (Fsp3) is 0.400. The van der Waals surface area contributed by atoms with Crippen molar-refractivity contribution >= 4 is 44.1 Å². The van der Waals surface area contributed by atoms with Crippen LogP contribution in [-0.4, -0.2) is 99.5 Å². The molecule has 13 nitrogen and oxygen atoms in total. The van der Waals surface area contributed by atoms with E-state index in [1.165, 1.54) is 69.7 Å². The molecule has 3 aliphatic rings. The van der Waals surface area contributed by atoms with E-state index in [0.29, 0.717) is 23.6 Å². The van der Waals surface area contributed by atoms with Crippen molar-refractivity contribution in [1.29, 1.82) is 0 Å². The molecule has 4 heterocycles. The Morgan fingerprint density at radius 3 is 2.69 bits per heavy atom. The number of aromatic nitrogens is 1. The van der Waals surface area contributed by atoms with E-state index in [0.717, 1.165) is 38.1 Å². The molecule has 1 aliphatic carbocycles. The third kappa shape index (κ3) is 10.4. The number of hydrogen-bond acceptors (Lipinski definition) is 13. The van der Waals surface area contributed by atoms with Gasteiger partial charge in [-0.1, -0.05) is 90.1 Å². The van der Waals surface area contributed by atoms with E-state index in [9.17, 15) is 30.0 Å². The highest BCUT2D eigenvalue weighted by Gasteiger charge is 2.59. The van der Waals surface area contributed by atoms with Gasteiger partial charge in [-0.15, -0.1) is 0 Å². The van der Waals surface area contributed by atoms with E-state index in [1.807, 2.05) is 12.4 Å². The van der Waals surface area contributed by atoms with Crippen molar-refractivity contribution in [1.82, 2.24) is 15.6 Å². The van der Waals surface area contributed by atoms with Gasteiger partial charge in [-0.2, -0.15) is 0 Å². The van der Waals surface area contributed by atoms with Crippen LogP contribution in [0.1, 0.15) is 61.6 Å². The molecule has 3 aromatic carbocycles. The van der Waals surface area contributed by atoms with Crippen molar-refractivity contribution in [2.24, 2.45) is 11.8 Å². The van der Waals surface area contributed by atoms with Crippen molar-refractivity contribution < 1.29 is 43.8 Å². The number of carboxylic acid groups (broad SMARTS) is 1. The minimum Gasteiger partial charge on any atom is -0.508 e. The summed E-state index contributed by atoms with van der Waals surface area (Å²) in [6, 6.07) is 21.5. The number of hydrogen-bond donors (Lipinski definition) is 7. The first-order valence-electron chi connectivity index (χ1n) is 22.2. The van der Waals surface area contributed by atoms with Crippen LogP contribution >= 0.6 is 21.6 Å². The molecule has 7 N–H and O–H groups in total. The molecule has 2 fully saturated rings. The maximum absolute atomic E-state index is 13.5. The molecule has 0 radical (unpaired) electrons. The lowest BCUT2D eigenvalue weighted by Gasteiger charge is -2.48. The summed E-state index contributed by atoms with van der Waals surface area (Å²) in [5.74, 6) is 0.216.